The van der Waals surface area contributed by atoms with Gasteiger partial charge in [-0.25, -0.2) is 4.98 Å². The second kappa shape index (κ2) is 5.07. The molecule has 0 N–H and O–H groups in total. The third-order valence-corrected chi connectivity index (χ3v) is 4.32. The highest BCUT2D eigenvalue weighted by Crippen LogP contribution is 2.37. The lowest BCUT2D eigenvalue weighted by molar-refractivity contribution is -0.129. The second-order valence-corrected chi connectivity index (χ2v) is 6.34. The normalized spacial score (nSPS) is 15.6. The Morgan fingerprint density at radius 2 is 2.05 bits per heavy atom. The van der Waals surface area contributed by atoms with Gasteiger partial charge in [0, 0.05) is 18.2 Å². The first-order chi connectivity index (χ1) is 9.04. The van der Waals surface area contributed by atoms with Gasteiger partial charge in [-0.05, 0) is 40.8 Å². The van der Waals surface area contributed by atoms with E-state index in [0.717, 1.165) is 8.96 Å². The molecule has 1 aromatic carbocycles. The Bertz CT molecular complexity index is 682. The zero-order chi connectivity index (χ0) is 13.6. The van der Waals surface area contributed by atoms with Gasteiger partial charge in [0.25, 0.3) is 0 Å². The molecule has 98 valence electrons. The molecule has 1 aliphatic rings. The molecule has 1 saturated carbocycles. The van der Waals surface area contributed by atoms with Gasteiger partial charge in [-0.2, -0.15) is 0 Å². The number of carbonyl (C=O) groups is 1. The van der Waals surface area contributed by atoms with Crippen LogP contribution in [0.2, 0.25) is 10.2 Å². The van der Waals surface area contributed by atoms with E-state index in [-0.39, 0.29) is 11.9 Å². The summed E-state index contributed by atoms with van der Waals surface area (Å²) < 4.78 is 6.73. The molecule has 6 heteroatoms. The van der Waals surface area contributed by atoms with Gasteiger partial charge >= 0.3 is 0 Å². The maximum Gasteiger partial charge on any atom is 0.159 e. The Morgan fingerprint density at radius 3 is 2.74 bits per heavy atom. The summed E-state index contributed by atoms with van der Waals surface area (Å²) in [6, 6.07) is 5.34. The van der Waals surface area contributed by atoms with Gasteiger partial charge in [0.1, 0.15) is 22.6 Å². The number of halogens is 3. The maximum atomic E-state index is 11.0. The molecule has 19 heavy (non-hydrogen) atoms. The van der Waals surface area contributed by atoms with E-state index in [1.165, 1.54) is 0 Å². The molecular formula is C13H8Cl2INO2. The lowest BCUT2D eigenvalue weighted by atomic mass is 9.94. The molecule has 1 aromatic heterocycles. The Balaban J connectivity index is 2.10. The average molecular weight is 408 g/mol. The second-order valence-electron chi connectivity index (χ2n) is 4.39. The minimum atomic E-state index is -0.0637. The SMILES string of the molecule is O=C1CC(Oc2c(I)cc(Cl)c3ccc(Cl)nc23)C1. The molecule has 2 aromatic rings. The van der Waals surface area contributed by atoms with E-state index in [9.17, 15) is 4.79 Å². The van der Waals surface area contributed by atoms with Crippen molar-refractivity contribution in [2.24, 2.45) is 0 Å². The topological polar surface area (TPSA) is 39.2 Å². The van der Waals surface area contributed by atoms with E-state index in [1.807, 2.05) is 12.1 Å². The van der Waals surface area contributed by atoms with Gasteiger partial charge in [-0.1, -0.05) is 23.2 Å². The fourth-order valence-electron chi connectivity index (χ4n) is 1.98. The fraction of sp³-hybridized carbons (Fsp3) is 0.231. The number of ether oxygens (including phenoxy) is 1. The van der Waals surface area contributed by atoms with Crippen molar-refractivity contribution in [3.63, 3.8) is 0 Å². The van der Waals surface area contributed by atoms with Gasteiger partial charge in [0.05, 0.1) is 8.59 Å². The number of benzene rings is 1. The highest BCUT2D eigenvalue weighted by atomic mass is 127. The zero-order valence-electron chi connectivity index (χ0n) is 9.62. The number of hydrogen-bond acceptors (Lipinski definition) is 3. The molecule has 0 atom stereocenters. The van der Waals surface area contributed by atoms with Gasteiger partial charge in [0.2, 0.25) is 0 Å². The molecule has 0 unspecified atom stereocenters. The predicted octanol–water partition coefficient (Wildman–Crippen LogP) is 4.26. The summed E-state index contributed by atoms with van der Waals surface area (Å²) in [7, 11) is 0. The van der Waals surface area contributed by atoms with Crippen LogP contribution >= 0.6 is 45.8 Å². The van der Waals surface area contributed by atoms with Crippen molar-refractivity contribution in [3.8, 4) is 5.75 Å². The first kappa shape index (κ1) is 13.4. The quantitative estimate of drug-likeness (QED) is 0.551. The molecule has 0 bridgehead atoms. The molecule has 3 rings (SSSR count). The Hall–Kier alpha value is -0.590. The van der Waals surface area contributed by atoms with Gasteiger partial charge < -0.3 is 4.74 Å². The lowest BCUT2D eigenvalue weighted by Gasteiger charge is -2.26. The van der Waals surface area contributed by atoms with Crippen LogP contribution in [0.15, 0.2) is 18.2 Å². The first-order valence-corrected chi connectivity index (χ1v) is 7.50. The van der Waals surface area contributed by atoms with Crippen molar-refractivity contribution in [1.82, 2.24) is 4.98 Å². The van der Waals surface area contributed by atoms with E-state index < -0.39 is 0 Å². The predicted molar refractivity (Wildman–Crippen MR) is 83.1 cm³/mol. The fourth-order valence-corrected chi connectivity index (χ4v) is 3.27. The summed E-state index contributed by atoms with van der Waals surface area (Å²) in [5.74, 6) is 0.879. The smallest absolute Gasteiger partial charge is 0.159 e. The molecule has 0 amide bonds. The van der Waals surface area contributed by atoms with E-state index in [4.69, 9.17) is 27.9 Å². The van der Waals surface area contributed by atoms with Gasteiger partial charge in [0.15, 0.2) is 5.75 Å². The van der Waals surface area contributed by atoms with Gasteiger partial charge in [-0.15, -0.1) is 0 Å². The van der Waals surface area contributed by atoms with Crippen molar-refractivity contribution in [2.45, 2.75) is 18.9 Å². The molecule has 0 saturated heterocycles. The molecule has 1 aliphatic carbocycles. The largest absolute Gasteiger partial charge is 0.486 e. The van der Waals surface area contributed by atoms with E-state index >= 15 is 0 Å². The van der Waals surface area contributed by atoms with E-state index in [1.54, 1.807) is 6.07 Å². The van der Waals surface area contributed by atoms with E-state index in [0.29, 0.717) is 34.3 Å². The van der Waals surface area contributed by atoms with Crippen molar-refractivity contribution < 1.29 is 9.53 Å². The first-order valence-electron chi connectivity index (χ1n) is 5.67. The summed E-state index contributed by atoms with van der Waals surface area (Å²) in [5, 5.41) is 1.80. The van der Waals surface area contributed by atoms with Crippen LogP contribution in [-0.4, -0.2) is 16.9 Å². The number of pyridine rings is 1. The number of rotatable bonds is 2. The molecule has 3 nitrogen and oxygen atoms in total. The number of nitrogens with zero attached hydrogens (tertiary/aromatic N) is 1. The lowest BCUT2D eigenvalue weighted by Crippen LogP contribution is -2.34. The third kappa shape index (κ3) is 2.53. The molecule has 1 fully saturated rings. The van der Waals surface area contributed by atoms with Crippen molar-refractivity contribution >= 4 is 62.5 Å². The highest BCUT2D eigenvalue weighted by Gasteiger charge is 2.29. The minimum Gasteiger partial charge on any atom is -0.486 e. The van der Waals surface area contributed by atoms with Crippen LogP contribution in [0.25, 0.3) is 10.9 Å². The number of aromatic nitrogens is 1. The summed E-state index contributed by atoms with van der Waals surface area (Å²) in [6.45, 7) is 0. The Labute approximate surface area is 133 Å². The van der Waals surface area contributed by atoms with Crippen LogP contribution in [0.3, 0.4) is 0 Å². The zero-order valence-corrected chi connectivity index (χ0v) is 13.3. The van der Waals surface area contributed by atoms with Crippen LogP contribution in [0.1, 0.15) is 12.8 Å². The Kier molecular flexibility index (Phi) is 3.57. The summed E-state index contributed by atoms with van der Waals surface area (Å²) in [5.41, 5.74) is 0.642. The average Bonchev–Trinajstić information content (AvgIpc) is 2.31. The Morgan fingerprint density at radius 1 is 1.32 bits per heavy atom. The molecule has 0 spiro atoms. The van der Waals surface area contributed by atoms with Crippen molar-refractivity contribution in [1.29, 1.82) is 0 Å². The standard InChI is InChI=1S/C13H8Cl2INO2/c14-9-5-10(16)13(19-7-3-6(18)4-7)12-8(9)1-2-11(15)17-12/h1-2,5,7H,3-4H2. The van der Waals surface area contributed by atoms with E-state index in [2.05, 4.69) is 27.6 Å². The molecule has 0 aliphatic heterocycles. The van der Waals surface area contributed by atoms with Gasteiger partial charge in [-0.3, -0.25) is 4.79 Å². The van der Waals surface area contributed by atoms with Crippen LogP contribution in [0.4, 0.5) is 0 Å². The third-order valence-electron chi connectivity index (χ3n) is 3.00. The number of Topliss-reactive ketones (excluding diaryl/α,β-unsaturated/α-hetero) is 1. The number of hydrogen-bond donors (Lipinski definition) is 0. The van der Waals surface area contributed by atoms with Crippen LogP contribution in [-0.2, 0) is 4.79 Å². The van der Waals surface area contributed by atoms with Crippen LogP contribution in [0, 0.1) is 3.57 Å². The monoisotopic (exact) mass is 407 g/mol. The number of ketones is 1. The maximum absolute atomic E-state index is 11.0. The highest BCUT2D eigenvalue weighted by molar-refractivity contribution is 14.1. The summed E-state index contributed by atoms with van der Waals surface area (Å²) in [6.07, 6.45) is 0.854. The molecule has 0 radical (unpaired) electrons. The summed E-state index contributed by atoms with van der Waals surface area (Å²) in [4.78, 5) is 15.3. The minimum absolute atomic E-state index is 0.0637. The van der Waals surface area contributed by atoms with Crippen molar-refractivity contribution in [2.75, 3.05) is 0 Å². The number of carbonyl (C=O) groups excluding carboxylic acids is 1. The molecular weight excluding hydrogens is 400 g/mol. The summed E-state index contributed by atoms with van der Waals surface area (Å²) >= 11 is 14.3. The molecule has 1 heterocycles. The van der Waals surface area contributed by atoms with Crippen LogP contribution in [0.5, 0.6) is 5.75 Å². The number of fused-ring (bicyclic) bond motifs is 1. The van der Waals surface area contributed by atoms with Crippen molar-refractivity contribution in [3.05, 3.63) is 31.9 Å². The van der Waals surface area contributed by atoms with Crippen LogP contribution < -0.4 is 4.74 Å².